The quantitative estimate of drug-likeness (QED) is 0.619. The summed E-state index contributed by atoms with van der Waals surface area (Å²) in [5.41, 5.74) is 2.73. The van der Waals surface area contributed by atoms with E-state index in [0.29, 0.717) is 0 Å². The normalized spacial score (nSPS) is 7.81. The minimum atomic E-state index is 0.783. The third-order valence-corrected chi connectivity index (χ3v) is 1.47. The maximum atomic E-state index is 3.82. The highest BCUT2D eigenvalue weighted by Gasteiger charge is 1.96. The molecule has 0 fully saturated rings. The Morgan fingerprint density at radius 1 is 1.00 bits per heavy atom. The average Bonchev–Trinajstić information content (AvgIpc) is 2.32. The molecule has 0 N–H and O–H groups in total. The van der Waals surface area contributed by atoms with Gasteiger partial charge in [0, 0.05) is 0 Å². The van der Waals surface area contributed by atoms with Crippen molar-refractivity contribution >= 4 is 24.8 Å². The van der Waals surface area contributed by atoms with Crippen LogP contribution >= 0.6 is 0 Å². The van der Waals surface area contributed by atoms with Gasteiger partial charge in [-0.05, 0) is 38.1 Å². The van der Waals surface area contributed by atoms with Crippen LogP contribution in [-0.2, 0) is 0 Å². The molecule has 2 nitrogen and oxygen atoms in total. The monoisotopic (exact) mass is 220 g/mol. The van der Waals surface area contributed by atoms with E-state index in [1.165, 1.54) is 6.42 Å². The summed E-state index contributed by atoms with van der Waals surface area (Å²) >= 11 is 0. The summed E-state index contributed by atoms with van der Waals surface area (Å²) in [7, 11) is 0. The van der Waals surface area contributed by atoms with Crippen molar-refractivity contribution in [1.82, 2.24) is 0 Å². The van der Waals surface area contributed by atoms with Crippen LogP contribution in [0, 0.1) is 6.92 Å². The number of nitrogens with zero attached hydrogens (tertiary/aromatic N) is 2. The first-order valence-electron chi connectivity index (χ1n) is 5.73. The Balaban J connectivity index is 0. The zero-order valence-electron chi connectivity index (χ0n) is 11.2. The van der Waals surface area contributed by atoms with E-state index in [1.54, 1.807) is 0 Å². The molecule has 2 heteroatoms. The summed E-state index contributed by atoms with van der Waals surface area (Å²) in [6.07, 6.45) is 1.25. The number of rotatable bonds is 2. The summed E-state index contributed by atoms with van der Waals surface area (Å²) in [5.74, 6) is 0. The third kappa shape index (κ3) is 6.93. The Bertz CT molecular complexity index is 304. The lowest BCUT2D eigenvalue weighted by atomic mass is 10.2. The Morgan fingerprint density at radius 3 is 1.81 bits per heavy atom. The van der Waals surface area contributed by atoms with Gasteiger partial charge in [-0.3, -0.25) is 9.98 Å². The molecule has 0 aliphatic carbocycles. The molecule has 0 unspecified atom stereocenters. The predicted octanol–water partition coefficient (Wildman–Crippen LogP) is 5.10. The Morgan fingerprint density at radius 2 is 1.44 bits per heavy atom. The second kappa shape index (κ2) is 11.6. The van der Waals surface area contributed by atoms with Gasteiger partial charge in [-0.2, -0.15) is 0 Å². The van der Waals surface area contributed by atoms with Crippen LogP contribution < -0.4 is 0 Å². The second-order valence-corrected chi connectivity index (χ2v) is 3.02. The molecule has 16 heavy (non-hydrogen) atoms. The fourth-order valence-electron chi connectivity index (χ4n) is 0.894. The molecule has 90 valence electrons. The fourth-order valence-corrected chi connectivity index (χ4v) is 0.894. The van der Waals surface area contributed by atoms with Gasteiger partial charge in [-0.15, -0.1) is 0 Å². The van der Waals surface area contributed by atoms with Crippen LogP contribution in [-0.4, -0.2) is 13.4 Å². The molecule has 0 spiro atoms. The van der Waals surface area contributed by atoms with E-state index in [-0.39, 0.29) is 0 Å². The van der Waals surface area contributed by atoms with E-state index >= 15 is 0 Å². The van der Waals surface area contributed by atoms with Gasteiger partial charge in [0.15, 0.2) is 0 Å². The third-order valence-electron chi connectivity index (χ3n) is 1.47. The smallest absolute Gasteiger partial charge is 0.0881 e. The van der Waals surface area contributed by atoms with Crippen LogP contribution in [0.4, 0.5) is 11.4 Å². The van der Waals surface area contributed by atoms with Crippen LogP contribution in [0.2, 0.25) is 0 Å². The number of benzene rings is 1. The van der Waals surface area contributed by atoms with Crippen LogP contribution in [0.1, 0.15) is 39.7 Å². The van der Waals surface area contributed by atoms with Crippen molar-refractivity contribution in [1.29, 1.82) is 0 Å². The molecule has 0 bridgehead atoms. The predicted molar refractivity (Wildman–Crippen MR) is 76.9 cm³/mol. The molecule has 1 aromatic carbocycles. The summed E-state index contributed by atoms with van der Waals surface area (Å²) in [4.78, 5) is 7.62. The lowest BCUT2D eigenvalue weighted by Gasteiger charge is -1.99. The van der Waals surface area contributed by atoms with E-state index in [4.69, 9.17) is 0 Å². The van der Waals surface area contributed by atoms with Gasteiger partial charge in [-0.1, -0.05) is 40.2 Å². The highest BCUT2D eigenvalue weighted by Crippen LogP contribution is 2.27. The van der Waals surface area contributed by atoms with Gasteiger partial charge in [0.1, 0.15) is 0 Å². The number of aliphatic imine (C=N–C) groups is 2. The second-order valence-electron chi connectivity index (χ2n) is 3.02. The van der Waals surface area contributed by atoms with E-state index in [9.17, 15) is 0 Å². The molecule has 0 aromatic heterocycles. The first kappa shape index (κ1) is 17.0. The zero-order valence-corrected chi connectivity index (χ0v) is 11.2. The Labute approximate surface area is 100 Å². The topological polar surface area (TPSA) is 24.7 Å². The van der Waals surface area contributed by atoms with Crippen LogP contribution in [0.5, 0.6) is 0 Å². The molecule has 0 heterocycles. The van der Waals surface area contributed by atoms with E-state index in [0.717, 1.165) is 16.9 Å². The van der Waals surface area contributed by atoms with Gasteiger partial charge < -0.3 is 0 Å². The number of hydrogen-bond donors (Lipinski definition) is 0. The molecule has 1 rings (SSSR count). The van der Waals surface area contributed by atoms with Crippen molar-refractivity contribution in [2.75, 3.05) is 0 Å². The van der Waals surface area contributed by atoms with Gasteiger partial charge in [-0.25, -0.2) is 0 Å². The molecule has 0 saturated carbocycles. The van der Waals surface area contributed by atoms with Crippen LogP contribution in [0.25, 0.3) is 0 Å². The lowest BCUT2D eigenvalue weighted by Crippen LogP contribution is -1.71. The van der Waals surface area contributed by atoms with E-state index in [1.807, 2.05) is 39.0 Å². The molecular formula is C14H24N2. The summed E-state index contributed by atoms with van der Waals surface area (Å²) in [6.45, 7) is 17.1. The maximum Gasteiger partial charge on any atom is 0.0881 e. The van der Waals surface area contributed by atoms with Gasteiger partial charge in [0.2, 0.25) is 0 Å². The number of hydrogen-bond acceptors (Lipinski definition) is 2. The first-order chi connectivity index (χ1) is 7.69. The zero-order chi connectivity index (χ0) is 13.0. The molecule has 0 saturated heterocycles. The highest BCUT2D eigenvalue weighted by molar-refractivity contribution is 5.67. The average molecular weight is 220 g/mol. The summed E-state index contributed by atoms with van der Waals surface area (Å²) in [5, 5.41) is 0. The van der Waals surface area contributed by atoms with Crippen molar-refractivity contribution in [3.63, 3.8) is 0 Å². The van der Waals surface area contributed by atoms with Crippen molar-refractivity contribution in [2.24, 2.45) is 9.98 Å². The number of aryl methyl sites for hydroxylation is 1. The standard InChI is InChI=1S/C9H10N2.C3H8.C2H6/c1-7-4-5-8(10-2)9(6-7)11-3;1-3-2;1-2/h4-6H,2-3H2,1H3;3H2,1-2H3;1-2H3. The molecule has 0 radical (unpaired) electrons. The molecule has 0 amide bonds. The highest BCUT2D eigenvalue weighted by atomic mass is 14.8. The molecular weight excluding hydrogens is 196 g/mol. The molecule has 1 aromatic rings. The van der Waals surface area contributed by atoms with Gasteiger partial charge in [0.05, 0.1) is 11.4 Å². The van der Waals surface area contributed by atoms with Crippen molar-refractivity contribution in [2.45, 2.75) is 41.0 Å². The minimum absolute atomic E-state index is 0.783. The molecule has 0 atom stereocenters. The van der Waals surface area contributed by atoms with Crippen LogP contribution in [0.15, 0.2) is 28.2 Å². The largest absolute Gasteiger partial charge is 0.262 e. The van der Waals surface area contributed by atoms with Gasteiger partial charge in [0.25, 0.3) is 0 Å². The first-order valence-corrected chi connectivity index (χ1v) is 5.73. The maximum absolute atomic E-state index is 3.82. The molecule has 0 aliphatic heterocycles. The van der Waals surface area contributed by atoms with E-state index < -0.39 is 0 Å². The minimum Gasteiger partial charge on any atom is -0.262 e. The lowest BCUT2D eigenvalue weighted by molar-refractivity contribution is 1.09. The SMILES string of the molecule is C=Nc1ccc(C)cc1N=C.CC.CCC. The van der Waals surface area contributed by atoms with Crippen molar-refractivity contribution < 1.29 is 0 Å². The van der Waals surface area contributed by atoms with Crippen LogP contribution in [0.3, 0.4) is 0 Å². The van der Waals surface area contributed by atoms with Crippen molar-refractivity contribution in [3.8, 4) is 0 Å². The molecule has 0 aliphatic rings. The Kier molecular flexibility index (Phi) is 12.3. The van der Waals surface area contributed by atoms with Gasteiger partial charge >= 0.3 is 0 Å². The summed E-state index contributed by atoms with van der Waals surface area (Å²) < 4.78 is 0. The van der Waals surface area contributed by atoms with E-state index in [2.05, 4.69) is 37.3 Å². The Hall–Kier alpha value is -1.44. The van der Waals surface area contributed by atoms with Crippen molar-refractivity contribution in [3.05, 3.63) is 23.8 Å². The summed E-state index contributed by atoms with van der Waals surface area (Å²) in [6, 6.07) is 5.78. The fraction of sp³-hybridized carbons (Fsp3) is 0.429.